The summed E-state index contributed by atoms with van der Waals surface area (Å²) >= 11 is 0. The SMILES string of the molecule is O=CNCC(=O)Oc1cccc(CO[N+](=O)[O-])c1. The third-order valence-electron chi connectivity index (χ3n) is 1.80. The van der Waals surface area contributed by atoms with Crippen molar-refractivity contribution in [3.8, 4) is 5.75 Å². The first-order valence-electron chi connectivity index (χ1n) is 4.86. The molecule has 0 saturated heterocycles. The number of carbonyl (C=O) groups is 2. The van der Waals surface area contributed by atoms with Gasteiger partial charge in [0, 0.05) is 0 Å². The Bertz CT molecular complexity index is 448. The van der Waals surface area contributed by atoms with E-state index in [1.807, 2.05) is 0 Å². The zero-order chi connectivity index (χ0) is 13.4. The Morgan fingerprint density at radius 1 is 1.50 bits per heavy atom. The molecule has 0 bridgehead atoms. The van der Waals surface area contributed by atoms with Gasteiger partial charge in [0.15, 0.2) is 0 Å². The Morgan fingerprint density at radius 3 is 2.94 bits per heavy atom. The van der Waals surface area contributed by atoms with Crippen molar-refractivity contribution in [1.29, 1.82) is 0 Å². The zero-order valence-corrected chi connectivity index (χ0v) is 9.20. The van der Waals surface area contributed by atoms with Crippen molar-refractivity contribution in [3.05, 3.63) is 39.9 Å². The molecule has 0 aliphatic rings. The van der Waals surface area contributed by atoms with E-state index < -0.39 is 11.1 Å². The molecule has 0 fully saturated rings. The van der Waals surface area contributed by atoms with Gasteiger partial charge >= 0.3 is 5.97 Å². The largest absolute Gasteiger partial charge is 0.425 e. The van der Waals surface area contributed by atoms with Crippen LogP contribution in [-0.2, 0) is 21.0 Å². The molecule has 0 spiro atoms. The predicted octanol–water partition coefficient (Wildman–Crippen LogP) is 0.0463. The molecule has 0 aliphatic carbocycles. The second kappa shape index (κ2) is 6.84. The highest BCUT2D eigenvalue weighted by Crippen LogP contribution is 2.14. The summed E-state index contributed by atoms with van der Waals surface area (Å²) in [5.74, 6) is -0.424. The minimum Gasteiger partial charge on any atom is -0.425 e. The fraction of sp³-hybridized carbons (Fsp3) is 0.200. The van der Waals surface area contributed by atoms with Gasteiger partial charge in [0.25, 0.3) is 5.09 Å². The van der Waals surface area contributed by atoms with Crippen LogP contribution < -0.4 is 10.1 Å². The molecule has 1 rings (SSSR count). The van der Waals surface area contributed by atoms with Gasteiger partial charge in [0.2, 0.25) is 6.41 Å². The summed E-state index contributed by atoms with van der Waals surface area (Å²) in [6, 6.07) is 6.09. The molecule has 96 valence electrons. The molecule has 1 amide bonds. The van der Waals surface area contributed by atoms with Crippen molar-refractivity contribution in [3.63, 3.8) is 0 Å². The number of carbonyl (C=O) groups excluding carboxylic acids is 2. The number of esters is 1. The van der Waals surface area contributed by atoms with Crippen LogP contribution in [0.1, 0.15) is 5.56 Å². The predicted molar refractivity (Wildman–Crippen MR) is 57.9 cm³/mol. The lowest BCUT2D eigenvalue weighted by Gasteiger charge is -2.05. The van der Waals surface area contributed by atoms with Gasteiger partial charge in [-0.3, -0.25) is 4.79 Å². The average Bonchev–Trinajstić information content (AvgIpc) is 2.34. The van der Waals surface area contributed by atoms with Crippen LogP contribution in [-0.4, -0.2) is 24.0 Å². The van der Waals surface area contributed by atoms with E-state index in [9.17, 15) is 19.7 Å². The monoisotopic (exact) mass is 254 g/mol. The molecule has 0 heterocycles. The van der Waals surface area contributed by atoms with Gasteiger partial charge in [0.1, 0.15) is 18.9 Å². The lowest BCUT2D eigenvalue weighted by atomic mass is 10.2. The topological polar surface area (TPSA) is 108 Å². The number of ether oxygens (including phenoxy) is 1. The molecule has 1 aromatic rings. The fourth-order valence-corrected chi connectivity index (χ4v) is 1.12. The van der Waals surface area contributed by atoms with Crippen molar-refractivity contribution < 1.29 is 24.3 Å². The van der Waals surface area contributed by atoms with E-state index in [-0.39, 0.29) is 18.9 Å². The summed E-state index contributed by atoms with van der Waals surface area (Å²) in [6.45, 7) is -0.482. The summed E-state index contributed by atoms with van der Waals surface area (Å²) in [6.07, 6.45) is 0.378. The van der Waals surface area contributed by atoms with Crippen LogP contribution in [0.5, 0.6) is 5.75 Å². The minimum absolute atomic E-state index is 0.220. The van der Waals surface area contributed by atoms with E-state index >= 15 is 0 Å². The maximum Gasteiger partial charge on any atom is 0.330 e. The van der Waals surface area contributed by atoms with Crippen molar-refractivity contribution in [2.45, 2.75) is 6.61 Å². The van der Waals surface area contributed by atoms with Crippen molar-refractivity contribution in [2.75, 3.05) is 6.54 Å². The zero-order valence-electron chi connectivity index (χ0n) is 9.20. The Balaban J connectivity index is 2.55. The Morgan fingerprint density at radius 2 is 2.28 bits per heavy atom. The van der Waals surface area contributed by atoms with Crippen molar-refractivity contribution in [1.82, 2.24) is 5.32 Å². The van der Waals surface area contributed by atoms with Gasteiger partial charge in [-0.2, -0.15) is 0 Å². The lowest BCUT2D eigenvalue weighted by Crippen LogP contribution is -2.25. The number of benzene rings is 1. The van der Waals surface area contributed by atoms with Gasteiger partial charge in [-0.25, -0.2) is 4.79 Å². The summed E-state index contributed by atoms with van der Waals surface area (Å²) in [5.41, 5.74) is 0.486. The van der Waals surface area contributed by atoms with Gasteiger partial charge in [-0.05, 0) is 17.7 Å². The molecule has 0 aliphatic heterocycles. The third-order valence-corrected chi connectivity index (χ3v) is 1.80. The normalized spacial score (nSPS) is 9.33. The Labute approximate surface area is 102 Å². The van der Waals surface area contributed by atoms with Crippen LogP contribution in [0.15, 0.2) is 24.3 Å². The lowest BCUT2D eigenvalue weighted by molar-refractivity contribution is -0.763. The highest BCUT2D eigenvalue weighted by molar-refractivity contribution is 5.76. The molecule has 1 N–H and O–H groups in total. The van der Waals surface area contributed by atoms with Crippen LogP contribution >= 0.6 is 0 Å². The van der Waals surface area contributed by atoms with Gasteiger partial charge in [0.05, 0.1) is 0 Å². The molecule has 18 heavy (non-hydrogen) atoms. The number of hydrogen-bond acceptors (Lipinski definition) is 6. The van der Waals surface area contributed by atoms with E-state index in [4.69, 9.17) is 4.74 Å². The van der Waals surface area contributed by atoms with E-state index in [2.05, 4.69) is 10.2 Å². The van der Waals surface area contributed by atoms with Gasteiger partial charge in [-0.15, -0.1) is 10.1 Å². The number of amides is 1. The van der Waals surface area contributed by atoms with Crippen molar-refractivity contribution in [2.24, 2.45) is 0 Å². The second-order valence-electron chi connectivity index (χ2n) is 3.12. The van der Waals surface area contributed by atoms with E-state index in [1.54, 1.807) is 12.1 Å². The van der Waals surface area contributed by atoms with Gasteiger partial charge in [-0.1, -0.05) is 12.1 Å². The summed E-state index contributed by atoms with van der Waals surface area (Å²) in [5, 5.41) is 11.3. The smallest absolute Gasteiger partial charge is 0.330 e. The Hall–Kier alpha value is -2.64. The van der Waals surface area contributed by atoms with Crippen LogP contribution in [0.3, 0.4) is 0 Å². The average molecular weight is 254 g/mol. The molecule has 8 heteroatoms. The number of nitrogens with zero attached hydrogens (tertiary/aromatic N) is 1. The highest BCUT2D eigenvalue weighted by Gasteiger charge is 2.05. The Kier molecular flexibility index (Phi) is 5.10. The van der Waals surface area contributed by atoms with Crippen molar-refractivity contribution >= 4 is 12.4 Å². The molecular weight excluding hydrogens is 244 g/mol. The molecule has 0 aromatic heterocycles. The minimum atomic E-state index is -0.910. The highest BCUT2D eigenvalue weighted by atomic mass is 16.9. The molecule has 1 aromatic carbocycles. The van der Waals surface area contributed by atoms with Crippen LogP contribution in [0.4, 0.5) is 0 Å². The van der Waals surface area contributed by atoms with Crippen LogP contribution in [0.25, 0.3) is 0 Å². The standard InChI is InChI=1S/C10H10N2O6/c13-7-11-5-10(14)18-9-3-1-2-8(4-9)6-17-12(15)16/h1-4,7H,5-6H2,(H,11,13). The maximum absolute atomic E-state index is 11.2. The maximum atomic E-state index is 11.2. The van der Waals surface area contributed by atoms with E-state index in [1.165, 1.54) is 12.1 Å². The first-order chi connectivity index (χ1) is 8.61. The summed E-state index contributed by atoms with van der Waals surface area (Å²) in [4.78, 5) is 35.3. The molecule has 8 nitrogen and oxygen atoms in total. The third kappa shape index (κ3) is 4.92. The molecule has 0 radical (unpaired) electrons. The summed E-state index contributed by atoms with van der Waals surface area (Å²) in [7, 11) is 0. The van der Waals surface area contributed by atoms with Gasteiger partial charge < -0.3 is 14.9 Å². The van der Waals surface area contributed by atoms with E-state index in [0.717, 1.165) is 0 Å². The molecule has 0 unspecified atom stereocenters. The number of hydrogen-bond donors (Lipinski definition) is 1. The number of rotatable bonds is 7. The molecular formula is C10H10N2O6. The summed E-state index contributed by atoms with van der Waals surface area (Å²) < 4.78 is 4.88. The quantitative estimate of drug-likeness (QED) is 0.242. The second-order valence-corrected chi connectivity index (χ2v) is 3.12. The van der Waals surface area contributed by atoms with Crippen LogP contribution in [0, 0.1) is 10.1 Å². The molecule has 0 atom stereocenters. The number of nitrogens with one attached hydrogen (secondary N) is 1. The molecule has 0 saturated carbocycles. The van der Waals surface area contributed by atoms with E-state index in [0.29, 0.717) is 12.0 Å². The first-order valence-corrected chi connectivity index (χ1v) is 4.86. The van der Waals surface area contributed by atoms with Crippen LogP contribution in [0.2, 0.25) is 0 Å². The fourth-order valence-electron chi connectivity index (χ4n) is 1.12. The first kappa shape index (κ1) is 13.4.